The van der Waals surface area contributed by atoms with Crippen molar-refractivity contribution in [2.45, 2.75) is 38.3 Å². The summed E-state index contributed by atoms with van der Waals surface area (Å²) in [6.07, 6.45) is 4.80. The number of ether oxygens (including phenoxy) is 2. The monoisotopic (exact) mass is 597 g/mol. The maximum atomic E-state index is 15.0. The topological polar surface area (TPSA) is 72.9 Å². The minimum atomic E-state index is -1.62. The van der Waals surface area contributed by atoms with Gasteiger partial charge in [0.1, 0.15) is 23.0 Å². The summed E-state index contributed by atoms with van der Waals surface area (Å²) in [5, 5.41) is 0. The van der Waals surface area contributed by atoms with Crippen molar-refractivity contribution in [1.29, 1.82) is 0 Å². The van der Waals surface area contributed by atoms with Crippen molar-refractivity contribution >= 4 is 29.1 Å². The van der Waals surface area contributed by atoms with Gasteiger partial charge in [0, 0.05) is 33.9 Å². The lowest BCUT2D eigenvalue weighted by Gasteiger charge is -2.37. The van der Waals surface area contributed by atoms with Gasteiger partial charge in [0.25, 0.3) is 0 Å². The van der Waals surface area contributed by atoms with Gasteiger partial charge in [-0.05, 0) is 47.7 Å². The zero-order valence-electron chi connectivity index (χ0n) is 25.8. The van der Waals surface area contributed by atoms with Gasteiger partial charge < -0.3 is 14.4 Å². The molecular weight excluding hydrogens is 562 g/mol. The summed E-state index contributed by atoms with van der Waals surface area (Å²) < 4.78 is 11.5. The van der Waals surface area contributed by atoms with E-state index in [1.165, 1.54) is 0 Å². The molecule has 1 aliphatic carbocycles. The minimum Gasteiger partial charge on any atom is -0.497 e. The Kier molecular flexibility index (Phi) is 6.96. The molecule has 0 amide bonds. The molecule has 1 saturated heterocycles. The van der Waals surface area contributed by atoms with Gasteiger partial charge in [-0.3, -0.25) is 14.4 Å². The van der Waals surface area contributed by atoms with Crippen LogP contribution in [0, 0.1) is 11.3 Å². The average molecular weight is 598 g/mol. The molecule has 0 unspecified atom stereocenters. The molecular formula is C39H35NO5. The van der Waals surface area contributed by atoms with E-state index in [4.69, 9.17) is 9.47 Å². The predicted molar refractivity (Wildman–Crippen MR) is 175 cm³/mol. The Labute approximate surface area is 263 Å². The van der Waals surface area contributed by atoms with Gasteiger partial charge in [0.2, 0.25) is 0 Å². The van der Waals surface area contributed by atoms with Crippen LogP contribution in [-0.2, 0) is 6.42 Å². The minimum absolute atomic E-state index is 0.162. The maximum Gasteiger partial charge on any atom is 0.185 e. The lowest BCUT2D eigenvalue weighted by atomic mass is 9.64. The van der Waals surface area contributed by atoms with E-state index < -0.39 is 23.4 Å². The SMILES string of the molecule is COc1ccc(OC)c([C@H]2[C@@H](C(=O)c3ccc(CC(C)C)cc3)N3c4ccccc4C=C[C@@H]3C23C(=O)c2ccccc2C3=O)c1. The van der Waals surface area contributed by atoms with E-state index in [0.717, 1.165) is 23.2 Å². The highest BCUT2D eigenvalue weighted by Gasteiger charge is 2.72. The zero-order valence-corrected chi connectivity index (χ0v) is 25.8. The molecule has 4 aromatic rings. The van der Waals surface area contributed by atoms with E-state index in [-0.39, 0.29) is 17.3 Å². The number of carbonyl (C=O) groups excluding carboxylic acids is 3. The number of ketones is 3. The van der Waals surface area contributed by atoms with Crippen molar-refractivity contribution in [2.75, 3.05) is 19.1 Å². The summed E-state index contributed by atoms with van der Waals surface area (Å²) in [4.78, 5) is 46.9. The lowest BCUT2D eigenvalue weighted by molar-refractivity contribution is 0.0664. The first kappa shape index (κ1) is 28.8. The normalized spacial score (nSPS) is 20.7. The Hall–Kier alpha value is -4.97. The third-order valence-corrected chi connectivity index (χ3v) is 9.64. The molecule has 0 radical (unpaired) electrons. The second-order valence-electron chi connectivity index (χ2n) is 12.5. The molecule has 1 spiro atoms. The lowest BCUT2D eigenvalue weighted by Crippen LogP contribution is -2.48. The molecule has 3 aliphatic rings. The predicted octanol–water partition coefficient (Wildman–Crippen LogP) is 7.22. The number of carbonyl (C=O) groups is 3. The van der Waals surface area contributed by atoms with Crippen molar-refractivity contribution in [3.05, 3.63) is 130 Å². The number of rotatable bonds is 7. The van der Waals surface area contributed by atoms with Crippen LogP contribution in [-0.4, -0.2) is 43.7 Å². The number of hydrogen-bond acceptors (Lipinski definition) is 6. The fraction of sp³-hybridized carbons (Fsp3) is 0.256. The molecule has 3 atom stereocenters. The van der Waals surface area contributed by atoms with Crippen molar-refractivity contribution in [1.82, 2.24) is 0 Å². The number of para-hydroxylation sites is 1. The molecule has 0 saturated carbocycles. The van der Waals surface area contributed by atoms with Crippen LogP contribution in [0.1, 0.15) is 67.5 Å². The first-order chi connectivity index (χ1) is 21.8. The summed E-state index contributed by atoms with van der Waals surface area (Å²) in [6.45, 7) is 4.33. The second kappa shape index (κ2) is 10.9. The molecule has 226 valence electrons. The summed E-state index contributed by atoms with van der Waals surface area (Å²) in [7, 11) is 3.13. The first-order valence-electron chi connectivity index (χ1n) is 15.4. The molecule has 7 rings (SSSR count). The Balaban J connectivity index is 1.52. The molecule has 0 bridgehead atoms. The van der Waals surface area contributed by atoms with Gasteiger partial charge in [-0.1, -0.05) is 92.7 Å². The third-order valence-electron chi connectivity index (χ3n) is 9.64. The summed E-state index contributed by atoms with van der Waals surface area (Å²) >= 11 is 0. The standard InChI is InChI=1S/C39H35NO5/c1-23(2)21-24-13-15-26(16-14-24)36(41)35-34(30-22-27(44-3)18-19-32(30)45-4)39(37(42)28-10-6-7-11-29(28)38(39)43)33-20-17-25-9-5-8-12-31(25)40(33)35/h5-20,22-23,33-35H,21H2,1-4H3/t33-,34+,35+/m1/s1. The van der Waals surface area contributed by atoms with Crippen LogP contribution in [0.15, 0.2) is 97.1 Å². The zero-order chi connectivity index (χ0) is 31.5. The quantitative estimate of drug-likeness (QED) is 0.166. The largest absolute Gasteiger partial charge is 0.497 e. The molecule has 4 aromatic carbocycles. The van der Waals surface area contributed by atoms with Gasteiger partial charge >= 0.3 is 0 Å². The Bertz CT molecular complexity index is 1840. The van der Waals surface area contributed by atoms with E-state index in [1.807, 2.05) is 71.6 Å². The highest BCUT2D eigenvalue weighted by Crippen LogP contribution is 2.62. The molecule has 6 nitrogen and oxygen atoms in total. The summed E-state index contributed by atoms with van der Waals surface area (Å²) in [5.41, 5.74) is 3.13. The highest BCUT2D eigenvalue weighted by atomic mass is 16.5. The number of anilines is 1. The molecule has 0 aromatic heterocycles. The number of Topliss-reactive ketones (excluding diaryl/α,β-unsaturated/α-hetero) is 3. The van der Waals surface area contributed by atoms with Crippen LogP contribution in [0.25, 0.3) is 6.08 Å². The van der Waals surface area contributed by atoms with Crippen LogP contribution in [0.3, 0.4) is 0 Å². The first-order valence-corrected chi connectivity index (χ1v) is 15.4. The molecule has 1 fully saturated rings. The number of benzene rings is 4. The van der Waals surface area contributed by atoms with E-state index in [1.54, 1.807) is 50.6 Å². The highest BCUT2D eigenvalue weighted by molar-refractivity contribution is 6.32. The van der Waals surface area contributed by atoms with Gasteiger partial charge in [-0.25, -0.2) is 0 Å². The third kappa shape index (κ3) is 4.19. The van der Waals surface area contributed by atoms with Crippen LogP contribution < -0.4 is 14.4 Å². The molecule has 2 aliphatic heterocycles. The van der Waals surface area contributed by atoms with Crippen LogP contribution in [0.5, 0.6) is 11.5 Å². The Morgan fingerprint density at radius 2 is 1.51 bits per heavy atom. The van der Waals surface area contributed by atoms with E-state index in [9.17, 15) is 9.59 Å². The molecule has 6 heteroatoms. The van der Waals surface area contributed by atoms with Crippen LogP contribution in [0.4, 0.5) is 5.69 Å². The number of methoxy groups -OCH3 is 2. The van der Waals surface area contributed by atoms with Crippen LogP contribution >= 0.6 is 0 Å². The molecule has 2 heterocycles. The van der Waals surface area contributed by atoms with Crippen molar-refractivity contribution in [3.63, 3.8) is 0 Å². The fourth-order valence-corrected chi connectivity index (χ4v) is 7.79. The molecule has 45 heavy (non-hydrogen) atoms. The van der Waals surface area contributed by atoms with E-state index in [0.29, 0.717) is 39.7 Å². The van der Waals surface area contributed by atoms with Crippen molar-refractivity contribution < 1.29 is 23.9 Å². The van der Waals surface area contributed by atoms with Gasteiger partial charge in [-0.2, -0.15) is 0 Å². The number of fused-ring (bicyclic) bond motifs is 5. The number of hydrogen-bond donors (Lipinski definition) is 0. The second-order valence-corrected chi connectivity index (χ2v) is 12.5. The Morgan fingerprint density at radius 3 is 2.16 bits per heavy atom. The molecule has 0 N–H and O–H groups in total. The fourth-order valence-electron chi connectivity index (χ4n) is 7.79. The average Bonchev–Trinajstić information content (AvgIpc) is 3.50. The van der Waals surface area contributed by atoms with Gasteiger partial charge in [0.05, 0.1) is 20.3 Å². The number of nitrogens with zero attached hydrogens (tertiary/aromatic N) is 1. The van der Waals surface area contributed by atoms with Gasteiger partial charge in [-0.15, -0.1) is 0 Å². The summed E-state index contributed by atoms with van der Waals surface area (Å²) in [5.74, 6) is -0.104. The maximum absolute atomic E-state index is 15.0. The van der Waals surface area contributed by atoms with Crippen LogP contribution in [0.2, 0.25) is 0 Å². The smallest absolute Gasteiger partial charge is 0.185 e. The van der Waals surface area contributed by atoms with Gasteiger partial charge in [0.15, 0.2) is 17.3 Å². The van der Waals surface area contributed by atoms with Crippen molar-refractivity contribution in [2.24, 2.45) is 11.3 Å². The Morgan fingerprint density at radius 1 is 0.844 bits per heavy atom. The summed E-state index contributed by atoms with van der Waals surface area (Å²) in [6, 6.07) is 26.3. The van der Waals surface area contributed by atoms with E-state index in [2.05, 4.69) is 13.8 Å². The van der Waals surface area contributed by atoms with E-state index >= 15 is 4.79 Å². The van der Waals surface area contributed by atoms with Crippen molar-refractivity contribution in [3.8, 4) is 11.5 Å².